The van der Waals surface area contributed by atoms with Gasteiger partial charge in [-0.15, -0.1) is 0 Å². The molecule has 12 rings (SSSR count). The van der Waals surface area contributed by atoms with E-state index in [4.69, 9.17) is 9.73 Å². The Bertz CT molecular complexity index is 2770. The summed E-state index contributed by atoms with van der Waals surface area (Å²) >= 11 is 0. The van der Waals surface area contributed by atoms with Crippen molar-refractivity contribution in [2.75, 3.05) is 0 Å². The zero-order valence-electron chi connectivity index (χ0n) is 36.7. The van der Waals surface area contributed by atoms with Crippen LogP contribution in [0, 0.1) is 17.8 Å². The Hall–Kier alpha value is -5.81. The maximum absolute atomic E-state index is 6.49. The average molecular weight is 829 g/mol. The van der Waals surface area contributed by atoms with E-state index in [1.54, 1.807) is 16.8 Å². The maximum Gasteiger partial charge on any atom is 0.125 e. The van der Waals surface area contributed by atoms with Gasteiger partial charge >= 0.3 is 0 Å². The molecule has 0 spiro atoms. The molecule has 5 heteroatoms. The van der Waals surface area contributed by atoms with Crippen LogP contribution < -0.4 is 5.32 Å². The highest BCUT2D eigenvalue weighted by atomic mass is 16.5. The minimum atomic E-state index is -0.102. The topological polar surface area (TPSA) is 43.5 Å². The molecule has 0 saturated heterocycles. The molecule has 3 heterocycles. The molecule has 5 unspecified atom stereocenters. The van der Waals surface area contributed by atoms with Crippen molar-refractivity contribution >= 4 is 34.5 Å². The van der Waals surface area contributed by atoms with E-state index < -0.39 is 0 Å². The Morgan fingerprint density at radius 2 is 1.60 bits per heavy atom. The monoisotopic (exact) mass is 828 g/mol. The molecule has 5 nitrogen and oxygen atoms in total. The van der Waals surface area contributed by atoms with E-state index >= 15 is 0 Å². The molecule has 4 aromatic rings. The van der Waals surface area contributed by atoms with E-state index in [1.165, 1.54) is 81.8 Å². The highest BCUT2D eigenvalue weighted by molar-refractivity contribution is 6.14. The van der Waals surface area contributed by atoms with Crippen LogP contribution in [-0.2, 0) is 30.4 Å². The van der Waals surface area contributed by atoms with Gasteiger partial charge in [-0.3, -0.25) is 4.99 Å². The van der Waals surface area contributed by atoms with Crippen LogP contribution in [0.4, 0.5) is 0 Å². The second kappa shape index (κ2) is 16.7. The Labute approximate surface area is 373 Å². The molecule has 0 amide bonds. The van der Waals surface area contributed by atoms with E-state index in [2.05, 4.69) is 148 Å². The fraction of sp³-hybridized carbons (Fsp3) is 0.362. The molecule has 0 radical (unpaired) electrons. The largest absolute Gasteiger partial charge is 0.462 e. The van der Waals surface area contributed by atoms with E-state index in [9.17, 15) is 0 Å². The maximum atomic E-state index is 6.49. The van der Waals surface area contributed by atoms with Gasteiger partial charge in [-0.2, -0.15) is 0 Å². The highest BCUT2D eigenvalue weighted by Crippen LogP contribution is 2.47. The summed E-state index contributed by atoms with van der Waals surface area (Å²) < 4.78 is 12.1. The van der Waals surface area contributed by atoms with Gasteiger partial charge in [-0.1, -0.05) is 103 Å². The van der Waals surface area contributed by atoms with Gasteiger partial charge in [0.25, 0.3) is 0 Å². The van der Waals surface area contributed by atoms with Crippen molar-refractivity contribution in [1.82, 2.24) is 14.5 Å². The molecule has 1 N–H and O–H groups in total. The number of ether oxygens (including phenoxy) is 1. The number of nitrogens with one attached hydrogen (secondary N) is 1. The molecule has 63 heavy (non-hydrogen) atoms. The predicted octanol–water partition coefficient (Wildman–Crippen LogP) is 13.5. The van der Waals surface area contributed by atoms with Gasteiger partial charge in [0.05, 0.1) is 5.71 Å². The van der Waals surface area contributed by atoms with Gasteiger partial charge in [0.2, 0.25) is 0 Å². The number of aromatic nitrogens is 2. The van der Waals surface area contributed by atoms with Crippen LogP contribution in [0.3, 0.4) is 0 Å². The van der Waals surface area contributed by atoms with Crippen molar-refractivity contribution in [1.29, 1.82) is 0 Å². The van der Waals surface area contributed by atoms with Gasteiger partial charge in [0, 0.05) is 92.7 Å². The van der Waals surface area contributed by atoms with E-state index in [1.807, 2.05) is 0 Å². The first kappa shape index (κ1) is 38.8. The standard InChI is InChI=1S/C58H60N4O/c1-4-18-39(19-5-1)55-56(40-20-6-2-7-21-40)59-58(60-57(55)41-32-34-46(35-33-41)63-45-22-8-3-9-23-45)42-36-43(61-51-28-14-10-24-47(51)48-25-11-15-29-52(48)61)38-44(37-42)62-53-30-16-12-26-49(53)50-27-13-17-31-54(50)62/h1-2,4-8,10-11,14,16,18,20-25,28,30,34,37,39,41-43,58,60H,3,9,12-13,15,17,19,26-27,29,31-33,35-36,38H2. The van der Waals surface area contributed by atoms with Crippen molar-refractivity contribution in [2.24, 2.45) is 22.7 Å². The highest BCUT2D eigenvalue weighted by Gasteiger charge is 2.40. The molecule has 318 valence electrons. The zero-order valence-corrected chi connectivity index (χ0v) is 36.7. The average Bonchev–Trinajstić information content (AvgIpc) is 3.88. The normalized spacial score (nSPS) is 26.3. The lowest BCUT2D eigenvalue weighted by Gasteiger charge is -2.41. The van der Waals surface area contributed by atoms with E-state index in [0.29, 0.717) is 12.0 Å². The van der Waals surface area contributed by atoms with Crippen molar-refractivity contribution in [2.45, 2.75) is 115 Å². The minimum Gasteiger partial charge on any atom is -0.462 e. The number of rotatable bonds is 8. The molecular weight excluding hydrogens is 769 g/mol. The number of hydrogen-bond acceptors (Lipinski definition) is 3. The third kappa shape index (κ3) is 7.12. The van der Waals surface area contributed by atoms with Crippen LogP contribution in [0.5, 0.6) is 0 Å². The smallest absolute Gasteiger partial charge is 0.125 e. The zero-order chi connectivity index (χ0) is 41.7. The van der Waals surface area contributed by atoms with Crippen molar-refractivity contribution < 1.29 is 4.74 Å². The van der Waals surface area contributed by atoms with E-state index in [0.717, 1.165) is 88.6 Å². The third-order valence-corrected chi connectivity index (χ3v) is 15.3. The minimum absolute atomic E-state index is 0.102. The number of fused-ring (bicyclic) bond motifs is 6. The quantitative estimate of drug-likeness (QED) is 0.192. The van der Waals surface area contributed by atoms with Gasteiger partial charge < -0.3 is 19.2 Å². The van der Waals surface area contributed by atoms with Gasteiger partial charge in [0.15, 0.2) is 0 Å². The summed E-state index contributed by atoms with van der Waals surface area (Å²) in [6.07, 6.45) is 48.1. The van der Waals surface area contributed by atoms with Crippen LogP contribution >= 0.6 is 0 Å². The molecule has 7 aliphatic carbocycles. The fourth-order valence-corrected chi connectivity index (χ4v) is 12.5. The van der Waals surface area contributed by atoms with Crippen LogP contribution in [0.2, 0.25) is 0 Å². The number of para-hydroxylation sites is 1. The first-order valence-corrected chi connectivity index (χ1v) is 24.4. The second-order valence-electron chi connectivity index (χ2n) is 19.1. The first-order valence-electron chi connectivity index (χ1n) is 24.4. The van der Waals surface area contributed by atoms with Crippen LogP contribution in [-0.4, -0.2) is 21.0 Å². The number of hydrogen-bond donors (Lipinski definition) is 1. The third-order valence-electron chi connectivity index (χ3n) is 15.3. The Morgan fingerprint density at radius 1 is 0.730 bits per heavy atom. The Balaban J connectivity index is 1.00. The summed E-state index contributed by atoms with van der Waals surface area (Å²) in [6.45, 7) is 0. The molecule has 5 atom stereocenters. The lowest BCUT2D eigenvalue weighted by molar-refractivity contribution is 0.273. The number of benzene rings is 2. The van der Waals surface area contributed by atoms with E-state index in [-0.39, 0.29) is 18.0 Å². The lowest BCUT2D eigenvalue weighted by Crippen LogP contribution is -2.44. The van der Waals surface area contributed by atoms with Crippen LogP contribution in [0.25, 0.3) is 28.8 Å². The SMILES string of the molecule is C1=CCC(C2=C(C3CC=C(OC4=CCCC=C4)CC3)NC(C3C=C(n4c5c(c6c4CCCC6)CCC=C5)CC(n4c5c(c6ccccc64)C=CCC5)C3)N=C2c2ccccc2)C=C1. The number of aliphatic imine (C=N–C) groups is 1. The molecule has 2 aromatic heterocycles. The Morgan fingerprint density at radius 3 is 2.48 bits per heavy atom. The summed E-state index contributed by atoms with van der Waals surface area (Å²) in [5, 5.41) is 5.74. The van der Waals surface area contributed by atoms with Crippen LogP contribution in [0.1, 0.15) is 122 Å². The summed E-state index contributed by atoms with van der Waals surface area (Å²) in [7, 11) is 0. The first-order chi connectivity index (χ1) is 31.2. The molecule has 0 saturated carbocycles. The van der Waals surface area contributed by atoms with Gasteiger partial charge in [0.1, 0.15) is 17.7 Å². The number of allylic oxidation sites excluding steroid dienone is 14. The summed E-state index contributed by atoms with van der Waals surface area (Å²) in [5.41, 5.74) is 17.3. The summed E-state index contributed by atoms with van der Waals surface area (Å²) in [6, 6.07) is 20.6. The predicted molar refractivity (Wildman–Crippen MR) is 260 cm³/mol. The lowest BCUT2D eigenvalue weighted by atomic mass is 9.77. The molecule has 1 aliphatic heterocycles. The van der Waals surface area contributed by atoms with Crippen molar-refractivity contribution in [3.8, 4) is 0 Å². The van der Waals surface area contributed by atoms with Crippen molar-refractivity contribution in [3.63, 3.8) is 0 Å². The fourth-order valence-electron chi connectivity index (χ4n) is 12.5. The molecular formula is C58H60N4O. The Kier molecular flexibility index (Phi) is 10.3. The summed E-state index contributed by atoms with van der Waals surface area (Å²) in [4.78, 5) is 5.97. The van der Waals surface area contributed by atoms with Crippen LogP contribution in [0.15, 0.2) is 149 Å². The molecule has 0 fully saturated rings. The summed E-state index contributed by atoms with van der Waals surface area (Å²) in [5.74, 6) is 2.91. The van der Waals surface area contributed by atoms with Crippen molar-refractivity contribution in [3.05, 3.63) is 184 Å². The van der Waals surface area contributed by atoms with Gasteiger partial charge in [-0.25, -0.2) is 0 Å². The molecule has 8 aliphatic rings. The molecule has 2 aromatic carbocycles. The van der Waals surface area contributed by atoms with Gasteiger partial charge in [-0.05, 0) is 131 Å². The second-order valence-corrected chi connectivity index (χ2v) is 19.1. The number of nitrogens with zero attached hydrogens (tertiary/aromatic N) is 3. The molecule has 0 bridgehead atoms.